The topological polar surface area (TPSA) is 30.2 Å². The lowest BCUT2D eigenvalue weighted by molar-refractivity contribution is 0.952. The molecular formula is C22H17N3S2. The van der Waals surface area contributed by atoms with Crippen molar-refractivity contribution >= 4 is 51.1 Å². The lowest BCUT2D eigenvalue weighted by atomic mass is 10.2. The molecule has 0 bridgehead atoms. The highest BCUT2D eigenvalue weighted by Crippen LogP contribution is 2.30. The molecule has 5 aromatic rings. The Balaban J connectivity index is 1.64. The number of rotatable bonds is 4. The minimum atomic E-state index is 0.877. The third-order valence-electron chi connectivity index (χ3n) is 4.64. The fraction of sp³-hybridized carbons (Fsp3) is 0.0909. The van der Waals surface area contributed by atoms with E-state index in [1.807, 2.05) is 18.2 Å². The van der Waals surface area contributed by atoms with E-state index < -0.39 is 0 Å². The van der Waals surface area contributed by atoms with Crippen molar-refractivity contribution < 1.29 is 0 Å². The first-order chi connectivity index (χ1) is 13.3. The predicted octanol–water partition coefficient (Wildman–Crippen LogP) is 6.05. The molecule has 0 aliphatic rings. The van der Waals surface area contributed by atoms with Crippen LogP contribution in [0.5, 0.6) is 0 Å². The maximum Gasteiger partial charge on any atom is 0.175 e. The number of hydrogen-bond donors (Lipinski definition) is 0. The van der Waals surface area contributed by atoms with Gasteiger partial charge in [-0.05, 0) is 48.2 Å². The average molecular weight is 388 g/mol. The maximum atomic E-state index is 4.96. The van der Waals surface area contributed by atoms with Gasteiger partial charge in [-0.1, -0.05) is 48.2 Å². The lowest BCUT2D eigenvalue weighted by Crippen LogP contribution is -1.97. The van der Waals surface area contributed by atoms with E-state index in [4.69, 9.17) is 9.97 Å². The van der Waals surface area contributed by atoms with Gasteiger partial charge in [-0.15, -0.1) is 11.8 Å². The summed E-state index contributed by atoms with van der Waals surface area (Å²) in [4.78, 5) is 11.1. The molecule has 0 aliphatic carbocycles. The Morgan fingerprint density at radius 3 is 2.37 bits per heavy atom. The summed E-state index contributed by atoms with van der Waals surface area (Å²) >= 11 is 3.52. The number of para-hydroxylation sites is 3. The summed E-state index contributed by atoms with van der Waals surface area (Å²) in [5.41, 5.74) is 5.36. The molecule has 3 aromatic carbocycles. The van der Waals surface area contributed by atoms with Gasteiger partial charge in [-0.25, -0.2) is 9.97 Å². The Hall–Kier alpha value is -2.50. The van der Waals surface area contributed by atoms with Crippen LogP contribution in [0.1, 0.15) is 5.56 Å². The van der Waals surface area contributed by atoms with Crippen molar-refractivity contribution in [2.45, 2.75) is 15.8 Å². The van der Waals surface area contributed by atoms with E-state index in [9.17, 15) is 0 Å². The molecule has 0 saturated heterocycles. The number of hydrogen-bond acceptors (Lipinski definition) is 4. The Bertz CT molecular complexity index is 1260. The second-order valence-corrected chi connectivity index (χ2v) is 8.13. The number of aromatic nitrogens is 3. The SMILES string of the molecule is CSc1ccc(CSc2nc3ccccc3c3nc4ccccc4n23)cc1. The maximum absolute atomic E-state index is 4.96. The van der Waals surface area contributed by atoms with Crippen LogP contribution >= 0.6 is 23.5 Å². The Kier molecular flexibility index (Phi) is 4.26. The van der Waals surface area contributed by atoms with Gasteiger partial charge in [0.2, 0.25) is 0 Å². The molecule has 2 heterocycles. The van der Waals surface area contributed by atoms with Gasteiger partial charge in [-0.3, -0.25) is 4.40 Å². The standard InChI is InChI=1S/C22H17N3S2/c1-26-16-12-10-15(11-13-16)14-27-22-24-18-7-3-2-6-17(18)21-23-19-8-4-5-9-20(19)25(21)22/h2-13H,14H2,1H3. The fourth-order valence-corrected chi connectivity index (χ4v) is 4.65. The number of fused-ring (bicyclic) bond motifs is 5. The molecular weight excluding hydrogens is 370 g/mol. The van der Waals surface area contributed by atoms with Crippen LogP contribution in [0.25, 0.3) is 27.6 Å². The molecule has 3 nitrogen and oxygen atoms in total. The Morgan fingerprint density at radius 2 is 1.56 bits per heavy atom. The average Bonchev–Trinajstić information content (AvgIpc) is 3.12. The normalized spacial score (nSPS) is 11.6. The van der Waals surface area contributed by atoms with E-state index in [-0.39, 0.29) is 0 Å². The monoisotopic (exact) mass is 387 g/mol. The van der Waals surface area contributed by atoms with Gasteiger partial charge < -0.3 is 0 Å². The Labute approximate surface area is 165 Å². The van der Waals surface area contributed by atoms with Crippen LogP contribution in [-0.2, 0) is 5.75 Å². The molecule has 0 spiro atoms. The van der Waals surface area contributed by atoms with Crippen LogP contribution in [0.15, 0.2) is 82.8 Å². The van der Waals surface area contributed by atoms with Crippen molar-refractivity contribution in [1.82, 2.24) is 14.4 Å². The van der Waals surface area contributed by atoms with Crippen molar-refractivity contribution in [3.8, 4) is 0 Å². The van der Waals surface area contributed by atoms with Crippen LogP contribution in [0.2, 0.25) is 0 Å². The highest BCUT2D eigenvalue weighted by molar-refractivity contribution is 7.98. The van der Waals surface area contributed by atoms with Crippen molar-refractivity contribution in [2.75, 3.05) is 6.26 Å². The summed E-state index contributed by atoms with van der Waals surface area (Å²) < 4.78 is 2.19. The number of benzene rings is 3. The zero-order chi connectivity index (χ0) is 18.2. The quantitative estimate of drug-likeness (QED) is 0.277. The van der Waals surface area contributed by atoms with Crippen LogP contribution in [0.3, 0.4) is 0 Å². The van der Waals surface area contributed by atoms with Crippen molar-refractivity contribution in [1.29, 1.82) is 0 Å². The molecule has 0 amide bonds. The van der Waals surface area contributed by atoms with Gasteiger partial charge >= 0.3 is 0 Å². The minimum Gasteiger partial charge on any atom is -0.271 e. The zero-order valence-corrected chi connectivity index (χ0v) is 16.4. The molecule has 0 radical (unpaired) electrons. The highest BCUT2D eigenvalue weighted by Gasteiger charge is 2.14. The molecule has 2 aromatic heterocycles. The smallest absolute Gasteiger partial charge is 0.175 e. The summed E-state index contributed by atoms with van der Waals surface area (Å²) in [7, 11) is 0. The molecule has 132 valence electrons. The van der Waals surface area contributed by atoms with Gasteiger partial charge in [0.15, 0.2) is 5.16 Å². The van der Waals surface area contributed by atoms with Gasteiger partial charge in [0.1, 0.15) is 5.65 Å². The number of imidazole rings is 1. The Morgan fingerprint density at radius 1 is 0.815 bits per heavy atom. The molecule has 5 heteroatoms. The highest BCUT2D eigenvalue weighted by atomic mass is 32.2. The molecule has 0 fully saturated rings. The third kappa shape index (κ3) is 2.97. The van der Waals surface area contributed by atoms with Crippen LogP contribution in [0.4, 0.5) is 0 Å². The van der Waals surface area contributed by atoms with Gasteiger partial charge in [0, 0.05) is 16.0 Å². The first kappa shape index (κ1) is 16.7. The van der Waals surface area contributed by atoms with Crippen molar-refractivity contribution in [3.63, 3.8) is 0 Å². The molecule has 0 atom stereocenters. The van der Waals surface area contributed by atoms with E-state index in [2.05, 4.69) is 65.3 Å². The summed E-state index contributed by atoms with van der Waals surface area (Å²) in [6.45, 7) is 0. The number of thioether (sulfide) groups is 2. The lowest BCUT2D eigenvalue weighted by Gasteiger charge is -2.09. The summed E-state index contributed by atoms with van der Waals surface area (Å²) in [5.74, 6) is 0.877. The van der Waals surface area contributed by atoms with Gasteiger partial charge in [0.25, 0.3) is 0 Å². The van der Waals surface area contributed by atoms with Gasteiger partial charge in [0.05, 0.1) is 16.6 Å². The van der Waals surface area contributed by atoms with E-state index in [0.29, 0.717) is 0 Å². The molecule has 0 N–H and O–H groups in total. The van der Waals surface area contributed by atoms with Crippen LogP contribution in [-0.4, -0.2) is 20.6 Å². The van der Waals surface area contributed by atoms with E-state index in [1.165, 1.54) is 10.5 Å². The van der Waals surface area contributed by atoms with Crippen LogP contribution in [0, 0.1) is 0 Å². The molecule has 0 aliphatic heterocycles. The predicted molar refractivity (Wildman–Crippen MR) is 116 cm³/mol. The minimum absolute atomic E-state index is 0.877. The molecule has 27 heavy (non-hydrogen) atoms. The van der Waals surface area contributed by atoms with E-state index in [1.54, 1.807) is 23.5 Å². The first-order valence-corrected chi connectivity index (χ1v) is 11.0. The summed E-state index contributed by atoms with van der Waals surface area (Å²) in [5, 5.41) is 2.06. The molecule has 0 saturated carbocycles. The zero-order valence-electron chi connectivity index (χ0n) is 14.8. The summed E-state index contributed by atoms with van der Waals surface area (Å²) in [6.07, 6.45) is 2.10. The first-order valence-electron chi connectivity index (χ1n) is 8.75. The van der Waals surface area contributed by atoms with E-state index in [0.717, 1.165) is 38.5 Å². The van der Waals surface area contributed by atoms with Crippen molar-refractivity contribution in [3.05, 3.63) is 78.4 Å². The second-order valence-electron chi connectivity index (χ2n) is 6.31. The fourth-order valence-electron chi connectivity index (χ4n) is 3.28. The van der Waals surface area contributed by atoms with Gasteiger partial charge in [-0.2, -0.15) is 0 Å². The van der Waals surface area contributed by atoms with Crippen LogP contribution < -0.4 is 0 Å². The molecule has 0 unspecified atom stereocenters. The second kappa shape index (κ2) is 6.91. The van der Waals surface area contributed by atoms with E-state index >= 15 is 0 Å². The number of nitrogens with zero attached hydrogens (tertiary/aromatic N) is 3. The van der Waals surface area contributed by atoms with Crippen molar-refractivity contribution in [2.24, 2.45) is 0 Å². The largest absolute Gasteiger partial charge is 0.271 e. The third-order valence-corrected chi connectivity index (χ3v) is 6.39. The molecule has 5 rings (SSSR count). The summed E-state index contributed by atoms with van der Waals surface area (Å²) in [6, 6.07) is 25.2.